The molecule has 0 aliphatic carbocycles. The molecule has 0 amide bonds. The van der Waals surface area contributed by atoms with Crippen LogP contribution < -0.4 is 0 Å². The van der Waals surface area contributed by atoms with Gasteiger partial charge in [0, 0.05) is 18.9 Å². The molecular weight excluding hydrogens is 292 g/mol. The summed E-state index contributed by atoms with van der Waals surface area (Å²) in [5.74, 6) is 0.315. The molecule has 3 rings (SSSR count). The molecule has 2 aromatic rings. The van der Waals surface area contributed by atoms with Gasteiger partial charge in [-0.05, 0) is 11.8 Å². The number of nitrogens with zero attached hydrogens (tertiary/aromatic N) is 4. The van der Waals surface area contributed by atoms with E-state index in [9.17, 15) is 4.79 Å². The quantitative estimate of drug-likeness (QED) is 0.904. The number of aliphatic carboxylic acids is 1. The van der Waals surface area contributed by atoms with Gasteiger partial charge >= 0.3 is 5.97 Å². The van der Waals surface area contributed by atoms with Gasteiger partial charge in [-0.3, -0.25) is 4.79 Å². The Kier molecular flexibility index (Phi) is 3.66. The van der Waals surface area contributed by atoms with Crippen molar-refractivity contribution in [1.82, 2.24) is 19.8 Å². The lowest BCUT2D eigenvalue weighted by molar-refractivity contribution is -0.139. The molecular formula is C13H18N4O3S. The number of fused-ring (bicyclic) bond motifs is 1. The maximum atomic E-state index is 10.9. The van der Waals surface area contributed by atoms with Gasteiger partial charge in [0.2, 0.25) is 4.96 Å². The standard InChI is InChI=1S/C13H18N4O3S/c1-13(2,6-10(18)19)5-9-16-17-11(8-3-4-20-7-8)14-15-12(17)21-9/h8H,3-7H2,1-2H3,(H,18,19). The summed E-state index contributed by atoms with van der Waals surface area (Å²) in [5.41, 5.74) is -0.328. The highest BCUT2D eigenvalue weighted by molar-refractivity contribution is 7.16. The zero-order chi connectivity index (χ0) is 15.0. The van der Waals surface area contributed by atoms with Crippen LogP contribution in [-0.4, -0.2) is 44.1 Å². The van der Waals surface area contributed by atoms with Crippen molar-refractivity contribution in [1.29, 1.82) is 0 Å². The van der Waals surface area contributed by atoms with Crippen LogP contribution in [-0.2, 0) is 16.0 Å². The van der Waals surface area contributed by atoms with Gasteiger partial charge in [0.15, 0.2) is 5.82 Å². The smallest absolute Gasteiger partial charge is 0.303 e. The molecule has 1 N–H and O–H groups in total. The minimum absolute atomic E-state index is 0.121. The first-order valence-electron chi connectivity index (χ1n) is 6.95. The second-order valence-electron chi connectivity index (χ2n) is 6.22. The van der Waals surface area contributed by atoms with E-state index < -0.39 is 5.97 Å². The minimum atomic E-state index is -0.785. The van der Waals surface area contributed by atoms with Crippen molar-refractivity contribution >= 4 is 22.3 Å². The zero-order valence-electron chi connectivity index (χ0n) is 12.1. The first-order valence-corrected chi connectivity index (χ1v) is 7.77. The molecule has 0 radical (unpaired) electrons. The predicted molar refractivity (Wildman–Crippen MR) is 76.6 cm³/mol. The molecule has 0 spiro atoms. The number of hydrogen-bond acceptors (Lipinski definition) is 6. The molecule has 114 valence electrons. The number of aromatic nitrogens is 4. The number of carboxylic acids is 1. The predicted octanol–water partition coefficient (Wildman–Crippen LogP) is 1.73. The minimum Gasteiger partial charge on any atom is -0.481 e. The number of ether oxygens (including phenoxy) is 1. The summed E-state index contributed by atoms with van der Waals surface area (Å²) in [4.78, 5) is 11.7. The number of hydrogen-bond donors (Lipinski definition) is 1. The Bertz CT molecular complexity index is 657. The third kappa shape index (κ3) is 3.06. The number of rotatable bonds is 5. The number of carbonyl (C=O) groups is 1. The highest BCUT2D eigenvalue weighted by Gasteiger charge is 2.27. The maximum absolute atomic E-state index is 10.9. The molecule has 1 aliphatic rings. The summed E-state index contributed by atoms with van der Waals surface area (Å²) in [7, 11) is 0. The van der Waals surface area contributed by atoms with Crippen molar-refractivity contribution in [3.05, 3.63) is 10.8 Å². The fourth-order valence-electron chi connectivity index (χ4n) is 2.62. The van der Waals surface area contributed by atoms with Gasteiger partial charge in [-0.15, -0.1) is 10.2 Å². The van der Waals surface area contributed by atoms with Crippen LogP contribution in [0.5, 0.6) is 0 Å². The van der Waals surface area contributed by atoms with Crippen LogP contribution in [0.2, 0.25) is 0 Å². The number of carboxylic acid groups (broad SMARTS) is 1. The van der Waals surface area contributed by atoms with E-state index in [1.54, 1.807) is 4.52 Å². The summed E-state index contributed by atoms with van der Waals surface area (Å²) in [6, 6.07) is 0. The molecule has 0 bridgehead atoms. The molecule has 7 nitrogen and oxygen atoms in total. The molecule has 2 aromatic heterocycles. The Hall–Kier alpha value is -1.54. The summed E-state index contributed by atoms with van der Waals surface area (Å²) < 4.78 is 7.18. The SMILES string of the molecule is CC(C)(CC(=O)O)Cc1nn2c(C3CCOC3)nnc2s1. The van der Waals surface area contributed by atoms with Gasteiger partial charge in [-0.25, -0.2) is 0 Å². The highest BCUT2D eigenvalue weighted by atomic mass is 32.1. The Morgan fingerprint density at radius 2 is 2.33 bits per heavy atom. The Balaban J connectivity index is 1.83. The fourth-order valence-corrected chi connectivity index (χ4v) is 3.72. The van der Waals surface area contributed by atoms with E-state index >= 15 is 0 Å². The summed E-state index contributed by atoms with van der Waals surface area (Å²) in [6.45, 7) is 5.30. The van der Waals surface area contributed by atoms with Crippen molar-refractivity contribution in [3.63, 3.8) is 0 Å². The molecule has 8 heteroatoms. The van der Waals surface area contributed by atoms with Gasteiger partial charge < -0.3 is 9.84 Å². The van der Waals surface area contributed by atoms with Crippen molar-refractivity contribution in [2.24, 2.45) is 5.41 Å². The van der Waals surface area contributed by atoms with Gasteiger partial charge in [0.1, 0.15) is 5.01 Å². The molecule has 1 fully saturated rings. The Morgan fingerprint density at radius 1 is 1.52 bits per heavy atom. The van der Waals surface area contributed by atoms with Crippen LogP contribution in [0.4, 0.5) is 0 Å². The average molecular weight is 310 g/mol. The largest absolute Gasteiger partial charge is 0.481 e. The van der Waals surface area contributed by atoms with Crippen LogP contribution >= 0.6 is 11.3 Å². The Morgan fingerprint density at radius 3 is 3.00 bits per heavy atom. The van der Waals surface area contributed by atoms with Crippen molar-refractivity contribution in [2.75, 3.05) is 13.2 Å². The summed E-state index contributed by atoms with van der Waals surface area (Å²) in [5, 5.41) is 22.8. The maximum Gasteiger partial charge on any atom is 0.303 e. The zero-order valence-corrected chi connectivity index (χ0v) is 12.9. The monoisotopic (exact) mass is 310 g/mol. The second-order valence-corrected chi connectivity index (χ2v) is 7.26. The van der Waals surface area contributed by atoms with E-state index in [-0.39, 0.29) is 17.8 Å². The molecule has 1 saturated heterocycles. The first kappa shape index (κ1) is 14.4. The molecule has 1 atom stereocenters. The van der Waals surface area contributed by atoms with E-state index in [4.69, 9.17) is 9.84 Å². The van der Waals surface area contributed by atoms with Gasteiger partial charge in [-0.1, -0.05) is 25.2 Å². The van der Waals surface area contributed by atoms with E-state index in [2.05, 4.69) is 15.3 Å². The van der Waals surface area contributed by atoms with Crippen LogP contribution in [0.1, 0.15) is 43.4 Å². The van der Waals surface area contributed by atoms with Crippen LogP contribution in [0.25, 0.3) is 4.96 Å². The third-order valence-electron chi connectivity index (χ3n) is 3.61. The summed E-state index contributed by atoms with van der Waals surface area (Å²) in [6.07, 6.45) is 1.68. The molecule has 1 unspecified atom stereocenters. The van der Waals surface area contributed by atoms with Crippen molar-refractivity contribution < 1.29 is 14.6 Å². The fraction of sp³-hybridized carbons (Fsp3) is 0.692. The molecule has 21 heavy (non-hydrogen) atoms. The van der Waals surface area contributed by atoms with E-state index in [1.807, 2.05) is 13.8 Å². The molecule has 0 aromatic carbocycles. The normalized spacial score (nSPS) is 19.4. The summed E-state index contributed by atoms with van der Waals surface area (Å²) >= 11 is 1.48. The lowest BCUT2D eigenvalue weighted by Crippen LogP contribution is -2.19. The molecule has 3 heterocycles. The van der Waals surface area contributed by atoms with Crippen molar-refractivity contribution in [2.45, 2.75) is 39.0 Å². The highest BCUT2D eigenvalue weighted by Crippen LogP contribution is 2.30. The van der Waals surface area contributed by atoms with E-state index in [0.29, 0.717) is 13.0 Å². The molecule has 1 aliphatic heterocycles. The van der Waals surface area contributed by atoms with Gasteiger partial charge in [0.25, 0.3) is 0 Å². The third-order valence-corrected chi connectivity index (χ3v) is 4.51. The topological polar surface area (TPSA) is 89.6 Å². The average Bonchev–Trinajstić information content (AvgIpc) is 3.00. The Labute approximate surface area is 125 Å². The lowest BCUT2D eigenvalue weighted by Gasteiger charge is -2.20. The van der Waals surface area contributed by atoms with E-state index in [1.165, 1.54) is 11.3 Å². The van der Waals surface area contributed by atoms with Crippen LogP contribution in [0.15, 0.2) is 0 Å². The van der Waals surface area contributed by atoms with Crippen molar-refractivity contribution in [3.8, 4) is 0 Å². The molecule has 0 saturated carbocycles. The van der Waals surface area contributed by atoms with Crippen LogP contribution in [0.3, 0.4) is 0 Å². The first-order chi connectivity index (χ1) is 9.94. The second kappa shape index (κ2) is 5.34. The lowest BCUT2D eigenvalue weighted by atomic mass is 9.86. The van der Waals surface area contributed by atoms with E-state index in [0.717, 1.165) is 28.8 Å². The van der Waals surface area contributed by atoms with Gasteiger partial charge in [0.05, 0.1) is 13.0 Å². The van der Waals surface area contributed by atoms with Crippen LogP contribution in [0, 0.1) is 5.41 Å². The van der Waals surface area contributed by atoms with Gasteiger partial charge in [-0.2, -0.15) is 9.61 Å².